The van der Waals surface area contributed by atoms with Crippen LogP contribution in [-0.4, -0.2) is 12.6 Å². The molecule has 3 nitrogen and oxygen atoms in total. The lowest BCUT2D eigenvalue weighted by molar-refractivity contribution is -0.147. The predicted molar refractivity (Wildman–Crippen MR) is 111 cm³/mol. The molecule has 0 bridgehead atoms. The highest BCUT2D eigenvalue weighted by atomic mass is 19.1. The molecule has 3 aromatic carbocycles. The van der Waals surface area contributed by atoms with E-state index in [0.717, 1.165) is 17.2 Å². The van der Waals surface area contributed by atoms with E-state index in [1.165, 1.54) is 6.07 Å². The summed E-state index contributed by atoms with van der Waals surface area (Å²) in [6.07, 6.45) is 0.708. The first kappa shape index (κ1) is 21.5. The number of halogens is 2. The molecule has 1 atom stereocenters. The number of hydrogen-bond donors (Lipinski definition) is 0. The molecule has 0 N–H and O–H groups in total. The van der Waals surface area contributed by atoms with Crippen LogP contribution in [0.5, 0.6) is 5.75 Å². The maximum atomic E-state index is 14.8. The van der Waals surface area contributed by atoms with E-state index in [0.29, 0.717) is 6.42 Å². The van der Waals surface area contributed by atoms with E-state index in [-0.39, 0.29) is 25.2 Å². The summed E-state index contributed by atoms with van der Waals surface area (Å²) in [6.45, 7) is 1.97. The zero-order chi connectivity index (χ0) is 21.3. The van der Waals surface area contributed by atoms with E-state index in [4.69, 9.17) is 9.47 Å². The largest absolute Gasteiger partial charge is 0.483 e. The Hall–Kier alpha value is -3.21. The van der Waals surface area contributed by atoms with Gasteiger partial charge >= 0.3 is 5.97 Å². The van der Waals surface area contributed by atoms with E-state index in [1.807, 2.05) is 60.7 Å². The van der Waals surface area contributed by atoms with E-state index >= 15 is 0 Å². The smallest absolute Gasteiger partial charge is 0.308 e. The molecule has 0 heterocycles. The first-order chi connectivity index (χ1) is 14.5. The molecule has 5 heteroatoms. The van der Waals surface area contributed by atoms with E-state index < -0.39 is 29.3 Å². The van der Waals surface area contributed by atoms with Crippen molar-refractivity contribution in [1.82, 2.24) is 0 Å². The van der Waals surface area contributed by atoms with Gasteiger partial charge in [-0.05, 0) is 29.2 Å². The van der Waals surface area contributed by atoms with Crippen molar-refractivity contribution < 1.29 is 23.0 Å². The van der Waals surface area contributed by atoms with Gasteiger partial charge in [-0.1, -0.05) is 73.7 Å². The SMILES string of the molecule is CC(Cc1ccc(F)c(OCc2ccccc2)c1F)C(=O)OCCc1ccccc1. The van der Waals surface area contributed by atoms with Crippen molar-refractivity contribution >= 4 is 5.97 Å². The fourth-order valence-electron chi connectivity index (χ4n) is 3.06. The maximum Gasteiger partial charge on any atom is 0.308 e. The summed E-state index contributed by atoms with van der Waals surface area (Å²) in [7, 11) is 0. The predicted octanol–water partition coefficient (Wildman–Crippen LogP) is 5.51. The van der Waals surface area contributed by atoms with Gasteiger partial charge in [0.05, 0.1) is 12.5 Å². The van der Waals surface area contributed by atoms with Crippen LogP contribution in [0.3, 0.4) is 0 Å². The van der Waals surface area contributed by atoms with Gasteiger partial charge in [0.1, 0.15) is 6.61 Å². The van der Waals surface area contributed by atoms with Gasteiger partial charge in [-0.25, -0.2) is 8.78 Å². The molecule has 0 fully saturated rings. The molecule has 1 unspecified atom stereocenters. The molecule has 3 rings (SSSR count). The summed E-state index contributed by atoms with van der Waals surface area (Å²) in [5, 5.41) is 0. The monoisotopic (exact) mass is 410 g/mol. The molecule has 0 radical (unpaired) electrons. The average molecular weight is 410 g/mol. The fraction of sp³-hybridized carbons (Fsp3) is 0.240. The highest BCUT2D eigenvalue weighted by molar-refractivity contribution is 5.72. The Morgan fingerprint density at radius 3 is 2.20 bits per heavy atom. The van der Waals surface area contributed by atoms with Crippen LogP contribution in [0.15, 0.2) is 72.8 Å². The molecular formula is C25H24F2O3. The van der Waals surface area contributed by atoms with Crippen molar-refractivity contribution in [3.63, 3.8) is 0 Å². The normalized spacial score (nSPS) is 11.7. The molecule has 0 aromatic heterocycles. The molecule has 3 aromatic rings. The van der Waals surface area contributed by atoms with Gasteiger partial charge in [0.2, 0.25) is 0 Å². The Morgan fingerprint density at radius 1 is 0.900 bits per heavy atom. The van der Waals surface area contributed by atoms with Crippen molar-refractivity contribution in [3.8, 4) is 5.75 Å². The second-order valence-electron chi connectivity index (χ2n) is 7.13. The summed E-state index contributed by atoms with van der Waals surface area (Å²) in [6, 6.07) is 21.3. The first-order valence-electron chi connectivity index (χ1n) is 9.88. The minimum Gasteiger partial charge on any atom is -0.483 e. The number of rotatable bonds is 9. The minimum atomic E-state index is -0.783. The highest BCUT2D eigenvalue weighted by Crippen LogP contribution is 2.27. The molecule has 0 aliphatic rings. The molecule has 0 spiro atoms. The minimum absolute atomic E-state index is 0.0508. The van der Waals surface area contributed by atoms with Crippen LogP contribution < -0.4 is 4.74 Å². The lowest BCUT2D eigenvalue weighted by atomic mass is 10.0. The van der Waals surface area contributed by atoms with E-state index in [1.54, 1.807) is 6.92 Å². The van der Waals surface area contributed by atoms with Gasteiger partial charge in [0, 0.05) is 6.42 Å². The number of carbonyl (C=O) groups excluding carboxylic acids is 1. The second kappa shape index (κ2) is 10.5. The number of benzene rings is 3. The zero-order valence-electron chi connectivity index (χ0n) is 16.8. The van der Waals surface area contributed by atoms with E-state index in [9.17, 15) is 13.6 Å². The Kier molecular flexibility index (Phi) is 7.55. The molecule has 0 amide bonds. The lowest BCUT2D eigenvalue weighted by Crippen LogP contribution is -2.19. The summed E-state index contributed by atoms with van der Waals surface area (Å²) in [5.74, 6) is -2.97. The summed E-state index contributed by atoms with van der Waals surface area (Å²) >= 11 is 0. The Bertz CT molecular complexity index is 959. The van der Waals surface area contributed by atoms with Crippen LogP contribution in [0.1, 0.15) is 23.6 Å². The fourth-order valence-corrected chi connectivity index (χ4v) is 3.06. The van der Waals surface area contributed by atoms with Crippen LogP contribution >= 0.6 is 0 Å². The number of ether oxygens (including phenoxy) is 2. The van der Waals surface area contributed by atoms with E-state index in [2.05, 4.69) is 0 Å². The molecule has 0 aliphatic carbocycles. The molecule has 0 aliphatic heterocycles. The van der Waals surface area contributed by atoms with Crippen molar-refractivity contribution in [1.29, 1.82) is 0 Å². The number of esters is 1. The first-order valence-corrected chi connectivity index (χ1v) is 9.88. The quantitative estimate of drug-likeness (QED) is 0.437. The molecule has 0 saturated carbocycles. The standard InChI is InChI=1S/C25H24F2O3/c1-18(25(28)29-15-14-19-8-4-2-5-9-19)16-21-12-13-22(26)24(23(21)27)30-17-20-10-6-3-7-11-20/h2-13,18H,14-17H2,1H3. The van der Waals surface area contributed by atoms with Crippen molar-refractivity contribution in [3.05, 3.63) is 101 Å². The van der Waals surface area contributed by atoms with Crippen LogP contribution in [0.25, 0.3) is 0 Å². The Morgan fingerprint density at radius 2 is 1.53 bits per heavy atom. The highest BCUT2D eigenvalue weighted by Gasteiger charge is 2.21. The van der Waals surface area contributed by atoms with Gasteiger partial charge in [-0.2, -0.15) is 0 Å². The topological polar surface area (TPSA) is 35.5 Å². The van der Waals surface area contributed by atoms with Crippen LogP contribution in [0.2, 0.25) is 0 Å². The van der Waals surface area contributed by atoms with Crippen molar-refractivity contribution in [2.75, 3.05) is 6.61 Å². The second-order valence-corrected chi connectivity index (χ2v) is 7.13. The van der Waals surface area contributed by atoms with Gasteiger partial charge in [-0.3, -0.25) is 4.79 Å². The lowest BCUT2D eigenvalue weighted by Gasteiger charge is -2.15. The van der Waals surface area contributed by atoms with Gasteiger partial charge in [-0.15, -0.1) is 0 Å². The summed E-state index contributed by atoms with van der Waals surface area (Å²) in [4.78, 5) is 12.3. The number of carbonyl (C=O) groups is 1. The number of hydrogen-bond acceptors (Lipinski definition) is 3. The molecule has 156 valence electrons. The zero-order valence-corrected chi connectivity index (χ0v) is 16.8. The van der Waals surface area contributed by atoms with Crippen LogP contribution in [-0.2, 0) is 29.0 Å². The summed E-state index contributed by atoms with van der Waals surface area (Å²) in [5.41, 5.74) is 2.09. The van der Waals surface area contributed by atoms with Crippen LogP contribution in [0.4, 0.5) is 8.78 Å². The van der Waals surface area contributed by atoms with Gasteiger partial charge in [0.15, 0.2) is 17.4 Å². The third-order valence-corrected chi connectivity index (χ3v) is 4.76. The average Bonchev–Trinajstić information content (AvgIpc) is 2.77. The maximum absolute atomic E-state index is 14.8. The van der Waals surface area contributed by atoms with Gasteiger partial charge in [0.25, 0.3) is 0 Å². The molecule has 0 saturated heterocycles. The molecule has 30 heavy (non-hydrogen) atoms. The van der Waals surface area contributed by atoms with Crippen molar-refractivity contribution in [2.45, 2.75) is 26.4 Å². The Balaban J connectivity index is 1.57. The third kappa shape index (κ3) is 5.89. The Labute approximate surface area is 175 Å². The molecular weight excluding hydrogens is 386 g/mol. The van der Waals surface area contributed by atoms with Crippen molar-refractivity contribution in [2.24, 2.45) is 5.92 Å². The van der Waals surface area contributed by atoms with Crippen LogP contribution in [0, 0.1) is 17.6 Å². The van der Waals surface area contributed by atoms with Gasteiger partial charge < -0.3 is 9.47 Å². The third-order valence-electron chi connectivity index (χ3n) is 4.76. The summed E-state index contributed by atoms with van der Waals surface area (Å²) < 4.78 is 39.6.